The first kappa shape index (κ1) is 21.6. The molecule has 5 nitrogen and oxygen atoms in total. The summed E-state index contributed by atoms with van der Waals surface area (Å²) in [7, 11) is 0. The Labute approximate surface area is 173 Å². The predicted molar refractivity (Wildman–Crippen MR) is 110 cm³/mol. The molecule has 1 saturated carbocycles. The van der Waals surface area contributed by atoms with Gasteiger partial charge in [-0.25, -0.2) is 9.18 Å². The lowest BCUT2D eigenvalue weighted by molar-refractivity contribution is -0.131. The molecule has 2 amide bonds. The minimum Gasteiger partial charge on any atom is -0.444 e. The molecular formula is C23H33FN2O3. The van der Waals surface area contributed by atoms with Crippen molar-refractivity contribution in [2.75, 3.05) is 13.1 Å². The van der Waals surface area contributed by atoms with Gasteiger partial charge in [-0.05, 0) is 69.6 Å². The molecule has 0 spiro atoms. The zero-order chi connectivity index (χ0) is 21.2. The van der Waals surface area contributed by atoms with Crippen LogP contribution in [-0.4, -0.2) is 41.6 Å². The summed E-state index contributed by atoms with van der Waals surface area (Å²) in [6.07, 6.45) is 2.73. The van der Waals surface area contributed by atoms with Crippen molar-refractivity contribution in [2.45, 2.75) is 65.0 Å². The van der Waals surface area contributed by atoms with Gasteiger partial charge in [0.15, 0.2) is 0 Å². The van der Waals surface area contributed by atoms with Gasteiger partial charge in [0.25, 0.3) is 0 Å². The third-order valence-corrected chi connectivity index (χ3v) is 5.91. The molecule has 0 radical (unpaired) electrons. The molecule has 29 heavy (non-hydrogen) atoms. The van der Waals surface area contributed by atoms with E-state index in [1.54, 1.807) is 6.07 Å². The third-order valence-electron chi connectivity index (χ3n) is 5.91. The topological polar surface area (TPSA) is 58.6 Å². The molecule has 0 aromatic heterocycles. The van der Waals surface area contributed by atoms with E-state index < -0.39 is 5.60 Å². The fourth-order valence-electron chi connectivity index (χ4n) is 4.67. The minimum absolute atomic E-state index is 0.0670. The van der Waals surface area contributed by atoms with Crippen LogP contribution in [0.1, 0.15) is 52.5 Å². The summed E-state index contributed by atoms with van der Waals surface area (Å²) < 4.78 is 18.7. The molecule has 1 aliphatic heterocycles. The molecule has 1 heterocycles. The SMILES string of the molecule is C[C@H](CC(=O)N1C[C@@H]2CC[C@@H](NC(=O)OC(C)(C)C)[C@H]2C1)Cc1cccc(F)c1. The molecule has 1 saturated heterocycles. The van der Waals surface area contributed by atoms with Crippen LogP contribution < -0.4 is 5.32 Å². The lowest BCUT2D eigenvalue weighted by Gasteiger charge is -2.25. The second-order valence-corrected chi connectivity index (χ2v) is 9.70. The number of hydrogen-bond acceptors (Lipinski definition) is 3. The van der Waals surface area contributed by atoms with Crippen LogP contribution in [0, 0.1) is 23.6 Å². The van der Waals surface area contributed by atoms with E-state index in [0.717, 1.165) is 24.9 Å². The number of halogens is 1. The highest BCUT2D eigenvalue weighted by molar-refractivity contribution is 5.77. The van der Waals surface area contributed by atoms with Gasteiger partial charge in [0.05, 0.1) is 0 Å². The van der Waals surface area contributed by atoms with Crippen molar-refractivity contribution in [3.05, 3.63) is 35.6 Å². The standard InChI is InChI=1S/C23H33FN2O3/c1-15(10-16-6-5-7-18(24)12-16)11-21(27)26-13-17-8-9-20(19(17)14-26)25-22(28)29-23(2,3)4/h5-7,12,15,17,19-20H,8-11,13-14H2,1-4H3,(H,25,28)/t15-,17-,19-,20+/m0/s1. The van der Waals surface area contributed by atoms with E-state index in [0.29, 0.717) is 31.2 Å². The van der Waals surface area contributed by atoms with E-state index in [-0.39, 0.29) is 29.8 Å². The van der Waals surface area contributed by atoms with Gasteiger partial charge in [0, 0.05) is 31.5 Å². The number of likely N-dealkylation sites (tertiary alicyclic amines) is 1. The molecule has 2 aliphatic rings. The van der Waals surface area contributed by atoms with Crippen molar-refractivity contribution < 1.29 is 18.7 Å². The molecule has 3 rings (SSSR count). The van der Waals surface area contributed by atoms with E-state index in [9.17, 15) is 14.0 Å². The summed E-state index contributed by atoms with van der Waals surface area (Å²) in [5.74, 6) is 0.805. The maximum atomic E-state index is 13.4. The summed E-state index contributed by atoms with van der Waals surface area (Å²) in [6.45, 7) is 9.05. The number of benzene rings is 1. The molecule has 2 fully saturated rings. The molecule has 6 heteroatoms. The van der Waals surface area contributed by atoms with Gasteiger partial charge in [-0.1, -0.05) is 19.1 Å². The van der Waals surface area contributed by atoms with Gasteiger partial charge in [0.2, 0.25) is 5.91 Å². The molecule has 1 N–H and O–H groups in total. The largest absolute Gasteiger partial charge is 0.444 e. The Bertz CT molecular complexity index is 746. The predicted octanol–water partition coefficient (Wildman–Crippen LogP) is 4.16. The zero-order valence-corrected chi connectivity index (χ0v) is 17.9. The summed E-state index contributed by atoms with van der Waals surface area (Å²) in [6, 6.07) is 6.64. The first-order chi connectivity index (χ1) is 13.6. The van der Waals surface area contributed by atoms with Gasteiger partial charge in [-0.2, -0.15) is 0 Å². The quantitative estimate of drug-likeness (QED) is 0.802. The van der Waals surface area contributed by atoms with E-state index in [4.69, 9.17) is 4.74 Å². The number of ether oxygens (including phenoxy) is 1. The van der Waals surface area contributed by atoms with Crippen molar-refractivity contribution >= 4 is 12.0 Å². The number of fused-ring (bicyclic) bond motifs is 1. The average molecular weight is 405 g/mol. The average Bonchev–Trinajstić information content (AvgIpc) is 3.15. The van der Waals surface area contributed by atoms with Crippen molar-refractivity contribution in [1.82, 2.24) is 10.2 Å². The van der Waals surface area contributed by atoms with Crippen LogP contribution in [0.4, 0.5) is 9.18 Å². The molecule has 4 atom stereocenters. The first-order valence-corrected chi connectivity index (χ1v) is 10.6. The van der Waals surface area contributed by atoms with Crippen molar-refractivity contribution in [3.8, 4) is 0 Å². The Morgan fingerprint density at radius 2 is 2.03 bits per heavy atom. The maximum Gasteiger partial charge on any atom is 0.407 e. The number of nitrogens with zero attached hydrogens (tertiary/aromatic N) is 1. The number of alkyl carbamates (subject to hydrolysis) is 1. The van der Waals surface area contributed by atoms with E-state index in [1.807, 2.05) is 38.7 Å². The van der Waals surface area contributed by atoms with Gasteiger partial charge in [-0.15, -0.1) is 0 Å². The van der Waals surface area contributed by atoms with Gasteiger partial charge in [0.1, 0.15) is 11.4 Å². The number of amides is 2. The molecule has 0 unspecified atom stereocenters. The summed E-state index contributed by atoms with van der Waals surface area (Å²) in [4.78, 5) is 26.9. The molecule has 1 aliphatic carbocycles. The first-order valence-electron chi connectivity index (χ1n) is 10.6. The maximum absolute atomic E-state index is 13.4. The summed E-state index contributed by atoms with van der Waals surface area (Å²) in [5.41, 5.74) is 0.405. The molecule has 1 aromatic carbocycles. The number of carbonyl (C=O) groups is 2. The Balaban J connectivity index is 1.49. The molecule has 0 bridgehead atoms. The van der Waals surface area contributed by atoms with Crippen molar-refractivity contribution in [3.63, 3.8) is 0 Å². The highest BCUT2D eigenvalue weighted by atomic mass is 19.1. The van der Waals surface area contributed by atoms with Gasteiger partial charge >= 0.3 is 6.09 Å². The number of rotatable bonds is 5. The summed E-state index contributed by atoms with van der Waals surface area (Å²) in [5, 5.41) is 3.01. The van der Waals surface area contributed by atoms with E-state index in [1.165, 1.54) is 12.1 Å². The smallest absolute Gasteiger partial charge is 0.407 e. The van der Waals surface area contributed by atoms with E-state index in [2.05, 4.69) is 5.32 Å². The number of nitrogens with one attached hydrogen (secondary N) is 1. The lowest BCUT2D eigenvalue weighted by atomic mass is 9.97. The second kappa shape index (κ2) is 8.72. The van der Waals surface area contributed by atoms with Crippen molar-refractivity contribution in [1.29, 1.82) is 0 Å². The number of hydrogen-bond donors (Lipinski definition) is 1. The Kier molecular flexibility index (Phi) is 6.49. The molecular weight excluding hydrogens is 371 g/mol. The van der Waals surface area contributed by atoms with E-state index >= 15 is 0 Å². The highest BCUT2D eigenvalue weighted by Crippen LogP contribution is 2.38. The fraction of sp³-hybridized carbons (Fsp3) is 0.652. The molecule has 1 aromatic rings. The lowest BCUT2D eigenvalue weighted by Crippen LogP contribution is -2.42. The Morgan fingerprint density at radius 3 is 2.72 bits per heavy atom. The minimum atomic E-state index is -0.516. The second-order valence-electron chi connectivity index (χ2n) is 9.70. The normalized spacial score (nSPS) is 24.9. The Morgan fingerprint density at radius 1 is 1.28 bits per heavy atom. The van der Waals surface area contributed by atoms with Crippen LogP contribution >= 0.6 is 0 Å². The highest BCUT2D eigenvalue weighted by Gasteiger charge is 2.44. The van der Waals surface area contributed by atoms with Crippen LogP contribution in [0.5, 0.6) is 0 Å². The van der Waals surface area contributed by atoms with Crippen LogP contribution in [0.3, 0.4) is 0 Å². The van der Waals surface area contributed by atoms with Gasteiger partial charge in [-0.3, -0.25) is 4.79 Å². The molecule has 160 valence electrons. The fourth-order valence-corrected chi connectivity index (χ4v) is 4.67. The number of carbonyl (C=O) groups excluding carboxylic acids is 2. The zero-order valence-electron chi connectivity index (χ0n) is 17.9. The van der Waals surface area contributed by atoms with Crippen LogP contribution in [0.15, 0.2) is 24.3 Å². The van der Waals surface area contributed by atoms with Gasteiger partial charge < -0.3 is 15.0 Å². The van der Waals surface area contributed by atoms with Crippen LogP contribution in [0.2, 0.25) is 0 Å². The Hall–Kier alpha value is -2.11. The summed E-state index contributed by atoms with van der Waals surface area (Å²) >= 11 is 0. The third kappa shape index (κ3) is 5.94. The van der Waals surface area contributed by atoms with Crippen molar-refractivity contribution in [2.24, 2.45) is 17.8 Å². The van der Waals surface area contributed by atoms with Crippen LogP contribution in [0.25, 0.3) is 0 Å². The monoisotopic (exact) mass is 404 g/mol. The van der Waals surface area contributed by atoms with Crippen LogP contribution in [-0.2, 0) is 16.0 Å².